The minimum Gasteiger partial charge on any atom is -0.462 e. The molecule has 198 valence electrons. The SMILES string of the molecule is CCOC(=O)c1cnc(N(C)Cc2cc3nc(-c4cccc(CCO)c4)nc(N4CCOCC4)c3s2)nc1. The zero-order chi connectivity index (χ0) is 26.5. The zero-order valence-corrected chi connectivity index (χ0v) is 22.3. The van der Waals surface area contributed by atoms with E-state index in [9.17, 15) is 9.90 Å². The topological polar surface area (TPSA) is 114 Å². The summed E-state index contributed by atoms with van der Waals surface area (Å²) in [5.74, 6) is 1.65. The summed E-state index contributed by atoms with van der Waals surface area (Å²) in [5, 5.41) is 9.37. The van der Waals surface area contributed by atoms with Gasteiger partial charge in [-0.3, -0.25) is 0 Å². The van der Waals surface area contributed by atoms with E-state index < -0.39 is 5.97 Å². The molecule has 3 aromatic heterocycles. The van der Waals surface area contributed by atoms with Gasteiger partial charge in [0.15, 0.2) is 11.6 Å². The van der Waals surface area contributed by atoms with Crippen molar-refractivity contribution < 1.29 is 19.4 Å². The second-order valence-corrected chi connectivity index (χ2v) is 10.1. The van der Waals surface area contributed by atoms with Crippen LogP contribution in [0.4, 0.5) is 11.8 Å². The predicted molar refractivity (Wildman–Crippen MR) is 147 cm³/mol. The third kappa shape index (κ3) is 5.74. The van der Waals surface area contributed by atoms with E-state index in [1.54, 1.807) is 18.3 Å². The van der Waals surface area contributed by atoms with Crippen molar-refractivity contribution in [3.05, 3.63) is 58.7 Å². The van der Waals surface area contributed by atoms with Crippen LogP contribution < -0.4 is 9.80 Å². The Morgan fingerprint density at radius 3 is 2.71 bits per heavy atom. The Hall–Kier alpha value is -3.67. The Morgan fingerprint density at radius 1 is 1.18 bits per heavy atom. The number of anilines is 2. The first kappa shape index (κ1) is 26.0. The Bertz CT molecular complexity index is 1400. The molecule has 1 aromatic carbocycles. The van der Waals surface area contributed by atoms with E-state index in [1.165, 1.54) is 12.4 Å². The molecule has 10 nitrogen and oxygen atoms in total. The highest BCUT2D eigenvalue weighted by Gasteiger charge is 2.21. The minimum absolute atomic E-state index is 0.0963. The van der Waals surface area contributed by atoms with Gasteiger partial charge in [-0.15, -0.1) is 11.3 Å². The number of aliphatic hydroxyl groups excluding tert-OH is 1. The number of morpholine rings is 1. The monoisotopic (exact) mass is 534 g/mol. The lowest BCUT2D eigenvalue weighted by Gasteiger charge is -2.28. The first-order valence-corrected chi connectivity index (χ1v) is 13.4. The molecule has 11 heteroatoms. The number of hydrogen-bond donors (Lipinski definition) is 1. The van der Waals surface area contributed by atoms with E-state index in [-0.39, 0.29) is 6.61 Å². The molecule has 0 aliphatic carbocycles. The zero-order valence-electron chi connectivity index (χ0n) is 21.5. The number of ether oxygens (including phenoxy) is 2. The lowest BCUT2D eigenvalue weighted by atomic mass is 10.1. The fourth-order valence-corrected chi connectivity index (χ4v) is 5.46. The second-order valence-electron chi connectivity index (χ2n) is 8.92. The van der Waals surface area contributed by atoms with Crippen molar-refractivity contribution in [1.82, 2.24) is 19.9 Å². The first-order valence-electron chi connectivity index (χ1n) is 12.6. The van der Waals surface area contributed by atoms with Crippen LogP contribution in [0.5, 0.6) is 0 Å². The maximum absolute atomic E-state index is 11.9. The van der Waals surface area contributed by atoms with Crippen LogP contribution in [-0.4, -0.2) is 77.6 Å². The molecule has 5 rings (SSSR count). The van der Waals surface area contributed by atoms with E-state index in [0.29, 0.717) is 50.1 Å². The maximum atomic E-state index is 11.9. The number of nitrogens with zero attached hydrogens (tertiary/aromatic N) is 6. The Balaban J connectivity index is 1.46. The van der Waals surface area contributed by atoms with E-state index >= 15 is 0 Å². The molecule has 1 saturated heterocycles. The Kier molecular flexibility index (Phi) is 8.06. The van der Waals surface area contributed by atoms with Crippen LogP contribution in [0.25, 0.3) is 21.6 Å². The van der Waals surface area contributed by atoms with Crippen LogP contribution in [0.15, 0.2) is 42.7 Å². The summed E-state index contributed by atoms with van der Waals surface area (Å²) in [6.45, 7) is 5.59. The van der Waals surface area contributed by atoms with Crippen LogP contribution in [-0.2, 0) is 22.4 Å². The fraction of sp³-hybridized carbons (Fsp3) is 0.370. The van der Waals surface area contributed by atoms with E-state index in [1.807, 2.05) is 36.2 Å². The van der Waals surface area contributed by atoms with Crippen molar-refractivity contribution >= 4 is 39.3 Å². The van der Waals surface area contributed by atoms with Gasteiger partial charge in [-0.1, -0.05) is 18.2 Å². The molecule has 0 amide bonds. The molecule has 1 aliphatic heterocycles. The van der Waals surface area contributed by atoms with Crippen molar-refractivity contribution in [2.45, 2.75) is 19.9 Å². The number of rotatable bonds is 9. The summed E-state index contributed by atoms with van der Waals surface area (Å²) in [6.07, 6.45) is 3.56. The van der Waals surface area contributed by atoms with Gasteiger partial charge in [0, 0.05) is 49.6 Å². The van der Waals surface area contributed by atoms with Gasteiger partial charge in [-0.05, 0) is 31.0 Å². The molecule has 0 unspecified atom stereocenters. The lowest BCUT2D eigenvalue weighted by molar-refractivity contribution is 0.0525. The third-order valence-electron chi connectivity index (χ3n) is 6.18. The van der Waals surface area contributed by atoms with Gasteiger partial charge in [0.05, 0.1) is 42.1 Å². The summed E-state index contributed by atoms with van der Waals surface area (Å²) in [4.78, 5) is 35.8. The summed E-state index contributed by atoms with van der Waals surface area (Å²) in [5.41, 5.74) is 3.18. The van der Waals surface area contributed by atoms with Gasteiger partial charge in [0.25, 0.3) is 0 Å². The van der Waals surface area contributed by atoms with Crippen molar-refractivity contribution in [2.24, 2.45) is 0 Å². The van der Waals surface area contributed by atoms with Gasteiger partial charge in [0.1, 0.15) is 0 Å². The van der Waals surface area contributed by atoms with Crippen LogP contribution in [0.1, 0.15) is 27.7 Å². The third-order valence-corrected chi connectivity index (χ3v) is 7.29. The average molecular weight is 535 g/mol. The number of carbonyl (C=O) groups is 1. The van der Waals surface area contributed by atoms with Gasteiger partial charge < -0.3 is 24.4 Å². The Labute approximate surface area is 224 Å². The Morgan fingerprint density at radius 2 is 1.97 bits per heavy atom. The molecule has 0 saturated carbocycles. The second kappa shape index (κ2) is 11.8. The normalized spacial score (nSPS) is 13.6. The summed E-state index contributed by atoms with van der Waals surface area (Å²) in [7, 11) is 1.91. The fourth-order valence-electron chi connectivity index (χ4n) is 4.30. The van der Waals surface area contributed by atoms with Gasteiger partial charge in [0.2, 0.25) is 5.95 Å². The molecule has 0 radical (unpaired) electrons. The summed E-state index contributed by atoms with van der Waals surface area (Å²) in [6, 6.07) is 10.1. The quantitative estimate of drug-likeness (QED) is 0.321. The molecule has 0 spiro atoms. The molecule has 1 N–H and O–H groups in total. The van der Waals surface area contributed by atoms with Crippen molar-refractivity contribution in [2.75, 3.05) is 56.4 Å². The number of aromatic nitrogens is 4. The average Bonchev–Trinajstić information content (AvgIpc) is 3.36. The van der Waals surface area contributed by atoms with Gasteiger partial charge in [-0.2, -0.15) is 0 Å². The van der Waals surface area contributed by atoms with Crippen LogP contribution >= 0.6 is 11.3 Å². The molecule has 0 atom stereocenters. The molecule has 1 fully saturated rings. The largest absolute Gasteiger partial charge is 0.462 e. The summed E-state index contributed by atoms with van der Waals surface area (Å²) < 4.78 is 11.6. The van der Waals surface area contributed by atoms with Gasteiger partial charge >= 0.3 is 5.97 Å². The highest BCUT2D eigenvalue weighted by molar-refractivity contribution is 7.19. The number of esters is 1. The van der Waals surface area contributed by atoms with Crippen molar-refractivity contribution in [3.8, 4) is 11.4 Å². The number of thiophene rings is 1. The maximum Gasteiger partial charge on any atom is 0.341 e. The van der Waals surface area contributed by atoms with Crippen LogP contribution in [0.3, 0.4) is 0 Å². The van der Waals surface area contributed by atoms with E-state index in [0.717, 1.165) is 45.1 Å². The molecular weight excluding hydrogens is 504 g/mol. The molecule has 0 bridgehead atoms. The standard InChI is InChI=1S/C27H30N6O4S/c1-3-37-26(35)20-15-28-27(29-16-20)32(2)17-21-14-22-23(38-21)25(33-8-11-36-12-9-33)31-24(30-22)19-6-4-5-18(13-19)7-10-34/h4-6,13-16,34H,3,7-12,17H2,1-2H3. The molecule has 4 heterocycles. The van der Waals surface area contributed by atoms with Gasteiger partial charge in [-0.25, -0.2) is 24.7 Å². The lowest BCUT2D eigenvalue weighted by Crippen LogP contribution is -2.36. The predicted octanol–water partition coefficient (Wildman–Crippen LogP) is 3.33. The molecular formula is C27H30N6O4S. The number of carbonyl (C=O) groups excluding carboxylic acids is 1. The van der Waals surface area contributed by atoms with Crippen LogP contribution in [0, 0.1) is 0 Å². The number of hydrogen-bond acceptors (Lipinski definition) is 11. The van der Waals surface area contributed by atoms with Crippen LogP contribution in [0.2, 0.25) is 0 Å². The highest BCUT2D eigenvalue weighted by atomic mass is 32.1. The molecule has 38 heavy (non-hydrogen) atoms. The smallest absolute Gasteiger partial charge is 0.341 e. The number of benzene rings is 1. The van der Waals surface area contributed by atoms with Crippen molar-refractivity contribution in [1.29, 1.82) is 0 Å². The summed E-state index contributed by atoms with van der Waals surface area (Å²) >= 11 is 1.66. The molecule has 1 aliphatic rings. The van der Waals surface area contributed by atoms with E-state index in [2.05, 4.69) is 20.9 Å². The highest BCUT2D eigenvalue weighted by Crippen LogP contribution is 2.35. The molecule has 4 aromatic rings. The number of aliphatic hydroxyl groups is 1. The minimum atomic E-state index is -0.432. The van der Waals surface area contributed by atoms with Crippen molar-refractivity contribution in [3.63, 3.8) is 0 Å². The first-order chi connectivity index (χ1) is 18.6. The van der Waals surface area contributed by atoms with E-state index in [4.69, 9.17) is 19.4 Å². The number of fused-ring (bicyclic) bond motifs is 1.